The molecule has 6 heteroatoms. The fourth-order valence-electron chi connectivity index (χ4n) is 3.04. The minimum atomic E-state index is 0.000312. The third-order valence-electron chi connectivity index (χ3n) is 4.40. The van der Waals surface area contributed by atoms with Gasteiger partial charge in [0.05, 0.1) is 0 Å². The van der Waals surface area contributed by atoms with Gasteiger partial charge in [-0.2, -0.15) is 0 Å². The van der Waals surface area contributed by atoms with Gasteiger partial charge < -0.3 is 24.4 Å². The van der Waals surface area contributed by atoms with Crippen molar-refractivity contribution in [2.24, 2.45) is 0 Å². The number of phenols is 1. The number of fused-ring (bicyclic) bond motifs is 1. The van der Waals surface area contributed by atoms with Gasteiger partial charge in [0.1, 0.15) is 5.75 Å². The molecule has 2 aliphatic heterocycles. The normalized spacial score (nSPS) is 16.3. The number of benzene rings is 2. The zero-order chi connectivity index (χ0) is 16.5. The first-order valence-electron chi connectivity index (χ1n) is 7.93. The molecule has 1 amide bonds. The molecule has 2 heterocycles. The van der Waals surface area contributed by atoms with Crippen molar-refractivity contribution in [1.29, 1.82) is 0 Å². The van der Waals surface area contributed by atoms with Crippen LogP contribution in [0.25, 0.3) is 0 Å². The number of anilines is 1. The highest BCUT2D eigenvalue weighted by Crippen LogP contribution is 2.35. The summed E-state index contributed by atoms with van der Waals surface area (Å²) in [6.45, 7) is 3.13. The topological polar surface area (TPSA) is 62.2 Å². The smallest absolute Gasteiger partial charge is 0.253 e. The maximum Gasteiger partial charge on any atom is 0.253 e. The Labute approximate surface area is 139 Å². The Morgan fingerprint density at radius 1 is 0.917 bits per heavy atom. The highest BCUT2D eigenvalue weighted by atomic mass is 16.7. The average Bonchev–Trinajstić information content (AvgIpc) is 3.09. The molecule has 1 fully saturated rings. The predicted molar refractivity (Wildman–Crippen MR) is 88.8 cm³/mol. The second-order valence-corrected chi connectivity index (χ2v) is 5.86. The number of rotatable bonds is 2. The molecule has 0 radical (unpaired) electrons. The first-order chi connectivity index (χ1) is 11.7. The molecule has 2 aromatic rings. The molecule has 0 atom stereocenters. The van der Waals surface area contributed by atoms with Crippen LogP contribution in [0.5, 0.6) is 17.2 Å². The number of carbonyl (C=O) groups excluding carboxylic acids is 1. The van der Waals surface area contributed by atoms with E-state index in [-0.39, 0.29) is 18.4 Å². The lowest BCUT2D eigenvalue weighted by molar-refractivity contribution is 0.0746. The Morgan fingerprint density at radius 2 is 1.62 bits per heavy atom. The lowest BCUT2D eigenvalue weighted by Crippen LogP contribution is -2.48. The maximum absolute atomic E-state index is 12.5. The minimum Gasteiger partial charge on any atom is -0.508 e. The van der Waals surface area contributed by atoms with E-state index in [0.717, 1.165) is 30.3 Å². The SMILES string of the molecule is O=C(c1ccc(O)cc1)N1CCN(c2ccc3c(c2)OCO3)CC1. The molecule has 2 aliphatic rings. The summed E-state index contributed by atoms with van der Waals surface area (Å²) in [4.78, 5) is 16.6. The first kappa shape index (κ1) is 14.7. The van der Waals surface area contributed by atoms with E-state index >= 15 is 0 Å². The van der Waals surface area contributed by atoms with Crippen LogP contribution in [0.3, 0.4) is 0 Å². The fourth-order valence-corrected chi connectivity index (χ4v) is 3.04. The molecular weight excluding hydrogens is 308 g/mol. The van der Waals surface area contributed by atoms with Crippen molar-refractivity contribution in [1.82, 2.24) is 4.90 Å². The van der Waals surface area contributed by atoms with Gasteiger partial charge in [0.15, 0.2) is 11.5 Å². The minimum absolute atomic E-state index is 0.000312. The van der Waals surface area contributed by atoms with Crippen LogP contribution in [0.4, 0.5) is 5.69 Å². The van der Waals surface area contributed by atoms with Crippen molar-refractivity contribution in [2.75, 3.05) is 37.9 Å². The van der Waals surface area contributed by atoms with Crippen molar-refractivity contribution in [3.63, 3.8) is 0 Å². The Morgan fingerprint density at radius 3 is 2.38 bits per heavy atom. The average molecular weight is 326 g/mol. The number of phenolic OH excluding ortho intramolecular Hbond substituents is 1. The van der Waals surface area contributed by atoms with Crippen LogP contribution in [-0.4, -0.2) is 48.9 Å². The molecule has 4 rings (SSSR count). The van der Waals surface area contributed by atoms with E-state index in [4.69, 9.17) is 9.47 Å². The third kappa shape index (κ3) is 2.71. The molecule has 24 heavy (non-hydrogen) atoms. The molecule has 1 N–H and O–H groups in total. The van der Waals surface area contributed by atoms with Gasteiger partial charge in [0, 0.05) is 43.5 Å². The third-order valence-corrected chi connectivity index (χ3v) is 4.40. The second kappa shape index (κ2) is 5.96. The van der Waals surface area contributed by atoms with Gasteiger partial charge in [-0.15, -0.1) is 0 Å². The second-order valence-electron chi connectivity index (χ2n) is 5.86. The molecule has 0 aromatic heterocycles. The van der Waals surface area contributed by atoms with Crippen LogP contribution >= 0.6 is 0 Å². The molecule has 0 spiro atoms. The van der Waals surface area contributed by atoms with Crippen LogP contribution < -0.4 is 14.4 Å². The van der Waals surface area contributed by atoms with Gasteiger partial charge in [-0.1, -0.05) is 0 Å². The summed E-state index contributed by atoms with van der Waals surface area (Å²) < 4.78 is 10.8. The Kier molecular flexibility index (Phi) is 3.65. The van der Waals surface area contributed by atoms with Gasteiger partial charge >= 0.3 is 0 Å². The number of carbonyl (C=O) groups is 1. The highest BCUT2D eigenvalue weighted by molar-refractivity contribution is 5.94. The van der Waals surface area contributed by atoms with Crippen LogP contribution in [0, 0.1) is 0 Å². The summed E-state index contributed by atoms with van der Waals surface area (Å²) in [6.07, 6.45) is 0. The number of amides is 1. The Balaban J connectivity index is 1.41. The molecule has 2 aromatic carbocycles. The van der Waals surface area contributed by atoms with E-state index in [1.165, 1.54) is 12.1 Å². The van der Waals surface area contributed by atoms with Crippen molar-refractivity contribution in [3.05, 3.63) is 48.0 Å². The number of piperazine rings is 1. The Hall–Kier alpha value is -2.89. The maximum atomic E-state index is 12.5. The largest absolute Gasteiger partial charge is 0.508 e. The molecule has 0 unspecified atom stereocenters. The van der Waals surface area contributed by atoms with Crippen molar-refractivity contribution < 1.29 is 19.4 Å². The van der Waals surface area contributed by atoms with Crippen LogP contribution in [0.1, 0.15) is 10.4 Å². The summed E-state index contributed by atoms with van der Waals surface area (Å²) in [5.41, 5.74) is 1.68. The van der Waals surface area contributed by atoms with Crippen molar-refractivity contribution in [2.45, 2.75) is 0 Å². The zero-order valence-corrected chi connectivity index (χ0v) is 13.1. The number of aromatic hydroxyl groups is 1. The van der Waals surface area contributed by atoms with Crippen LogP contribution in [0.2, 0.25) is 0 Å². The summed E-state index contributed by atoms with van der Waals surface area (Å²) in [7, 11) is 0. The molecule has 0 saturated carbocycles. The van der Waals surface area contributed by atoms with Gasteiger partial charge in [-0.05, 0) is 36.4 Å². The van der Waals surface area contributed by atoms with Crippen LogP contribution in [-0.2, 0) is 0 Å². The van der Waals surface area contributed by atoms with Gasteiger partial charge in [-0.25, -0.2) is 0 Å². The Bertz CT molecular complexity index is 752. The standard InChI is InChI=1S/C18H18N2O4/c21-15-4-1-13(2-5-15)18(22)20-9-7-19(8-10-20)14-3-6-16-17(11-14)24-12-23-16/h1-6,11,21H,7-10,12H2. The number of hydrogen-bond donors (Lipinski definition) is 1. The lowest BCUT2D eigenvalue weighted by atomic mass is 10.1. The number of hydrogen-bond acceptors (Lipinski definition) is 5. The van der Waals surface area contributed by atoms with E-state index < -0.39 is 0 Å². The summed E-state index contributed by atoms with van der Waals surface area (Å²) in [6, 6.07) is 12.3. The van der Waals surface area contributed by atoms with E-state index in [1.54, 1.807) is 12.1 Å². The molecular formula is C18H18N2O4. The summed E-state index contributed by atoms with van der Waals surface area (Å²) in [5, 5.41) is 9.33. The van der Waals surface area contributed by atoms with Crippen molar-refractivity contribution >= 4 is 11.6 Å². The van der Waals surface area contributed by atoms with Gasteiger partial charge in [-0.3, -0.25) is 4.79 Å². The first-order valence-corrected chi connectivity index (χ1v) is 7.93. The zero-order valence-electron chi connectivity index (χ0n) is 13.1. The highest BCUT2D eigenvalue weighted by Gasteiger charge is 2.23. The molecule has 0 aliphatic carbocycles. The van der Waals surface area contributed by atoms with Crippen LogP contribution in [0.15, 0.2) is 42.5 Å². The van der Waals surface area contributed by atoms with Gasteiger partial charge in [0.2, 0.25) is 6.79 Å². The van der Waals surface area contributed by atoms with Gasteiger partial charge in [0.25, 0.3) is 5.91 Å². The summed E-state index contributed by atoms with van der Waals surface area (Å²) in [5.74, 6) is 1.72. The van der Waals surface area contributed by atoms with E-state index in [9.17, 15) is 9.90 Å². The molecule has 6 nitrogen and oxygen atoms in total. The fraction of sp³-hybridized carbons (Fsp3) is 0.278. The van der Waals surface area contributed by atoms with Crippen molar-refractivity contribution in [3.8, 4) is 17.2 Å². The number of nitrogens with zero attached hydrogens (tertiary/aromatic N) is 2. The van der Waals surface area contributed by atoms with E-state index in [1.807, 2.05) is 23.1 Å². The lowest BCUT2D eigenvalue weighted by Gasteiger charge is -2.36. The predicted octanol–water partition coefficient (Wildman–Crippen LogP) is 2.08. The quantitative estimate of drug-likeness (QED) is 0.915. The molecule has 124 valence electrons. The summed E-state index contributed by atoms with van der Waals surface area (Å²) >= 11 is 0. The molecule has 0 bridgehead atoms. The monoisotopic (exact) mass is 326 g/mol. The number of ether oxygens (including phenoxy) is 2. The molecule has 1 saturated heterocycles. The van der Waals surface area contributed by atoms with E-state index in [2.05, 4.69) is 4.90 Å². The van der Waals surface area contributed by atoms with E-state index in [0.29, 0.717) is 18.7 Å².